The first-order chi connectivity index (χ1) is 9.47. The van der Waals surface area contributed by atoms with E-state index in [-0.39, 0.29) is 0 Å². The van der Waals surface area contributed by atoms with Gasteiger partial charge in [-0.3, -0.25) is 4.68 Å². The van der Waals surface area contributed by atoms with Gasteiger partial charge in [-0.2, -0.15) is 5.10 Å². The summed E-state index contributed by atoms with van der Waals surface area (Å²) in [7, 11) is 1.90. The highest BCUT2D eigenvalue weighted by atomic mass is 15.2. The molecule has 0 saturated heterocycles. The zero-order valence-electron chi connectivity index (χ0n) is 12.9. The molecule has 2 rings (SSSR count). The SMILES string of the molecule is Cc1nc(-c2cnn(C)c2)nc(C)c1CNCC(C)C. The van der Waals surface area contributed by atoms with Crippen LogP contribution in [0.2, 0.25) is 0 Å². The Morgan fingerprint density at radius 3 is 2.35 bits per heavy atom. The molecule has 20 heavy (non-hydrogen) atoms. The van der Waals surface area contributed by atoms with E-state index < -0.39 is 0 Å². The fraction of sp³-hybridized carbons (Fsp3) is 0.533. The van der Waals surface area contributed by atoms with Crippen LogP contribution in [-0.4, -0.2) is 26.3 Å². The van der Waals surface area contributed by atoms with E-state index in [0.29, 0.717) is 5.92 Å². The molecule has 0 aliphatic rings. The van der Waals surface area contributed by atoms with E-state index in [4.69, 9.17) is 0 Å². The van der Waals surface area contributed by atoms with E-state index >= 15 is 0 Å². The minimum absolute atomic E-state index is 0.645. The van der Waals surface area contributed by atoms with Gasteiger partial charge in [-0.15, -0.1) is 0 Å². The van der Waals surface area contributed by atoms with Crippen molar-refractivity contribution in [1.29, 1.82) is 0 Å². The summed E-state index contributed by atoms with van der Waals surface area (Å²) in [6, 6.07) is 0. The highest BCUT2D eigenvalue weighted by Gasteiger charge is 2.11. The Labute approximate surface area is 120 Å². The van der Waals surface area contributed by atoms with E-state index in [1.54, 1.807) is 10.9 Å². The predicted octanol–water partition coefficient (Wildman–Crippen LogP) is 2.24. The third-order valence-corrected chi connectivity index (χ3v) is 3.24. The number of hydrogen-bond donors (Lipinski definition) is 1. The van der Waals surface area contributed by atoms with Crippen LogP contribution in [0.5, 0.6) is 0 Å². The first kappa shape index (κ1) is 14.7. The molecular weight excluding hydrogens is 250 g/mol. The largest absolute Gasteiger partial charge is 0.312 e. The van der Waals surface area contributed by atoms with Gasteiger partial charge < -0.3 is 5.32 Å². The molecule has 1 N–H and O–H groups in total. The van der Waals surface area contributed by atoms with Gasteiger partial charge in [-0.25, -0.2) is 9.97 Å². The maximum atomic E-state index is 4.61. The molecule has 0 radical (unpaired) electrons. The van der Waals surface area contributed by atoms with Gasteiger partial charge in [0.25, 0.3) is 0 Å². The molecule has 108 valence electrons. The third kappa shape index (κ3) is 3.42. The van der Waals surface area contributed by atoms with Gasteiger partial charge in [-0.05, 0) is 26.3 Å². The summed E-state index contributed by atoms with van der Waals surface area (Å²) >= 11 is 0. The van der Waals surface area contributed by atoms with Crippen LogP contribution in [-0.2, 0) is 13.6 Å². The smallest absolute Gasteiger partial charge is 0.162 e. The van der Waals surface area contributed by atoms with Crippen molar-refractivity contribution in [3.8, 4) is 11.4 Å². The van der Waals surface area contributed by atoms with Crippen molar-refractivity contribution in [2.75, 3.05) is 6.54 Å². The molecule has 0 unspecified atom stereocenters. The lowest BCUT2D eigenvalue weighted by atomic mass is 10.1. The maximum Gasteiger partial charge on any atom is 0.162 e. The number of nitrogens with zero attached hydrogens (tertiary/aromatic N) is 4. The number of hydrogen-bond acceptors (Lipinski definition) is 4. The van der Waals surface area contributed by atoms with Crippen LogP contribution < -0.4 is 5.32 Å². The summed E-state index contributed by atoms with van der Waals surface area (Å²) in [5, 5.41) is 7.62. The average molecular weight is 273 g/mol. The average Bonchev–Trinajstić information content (AvgIpc) is 2.79. The van der Waals surface area contributed by atoms with Crippen molar-refractivity contribution < 1.29 is 0 Å². The Morgan fingerprint density at radius 2 is 1.85 bits per heavy atom. The van der Waals surface area contributed by atoms with Crippen molar-refractivity contribution >= 4 is 0 Å². The minimum Gasteiger partial charge on any atom is -0.312 e. The molecule has 0 spiro atoms. The Balaban J connectivity index is 2.20. The standard InChI is InChI=1S/C15H23N5/c1-10(2)6-16-8-14-11(3)18-15(19-12(14)4)13-7-17-20(5)9-13/h7,9-10,16H,6,8H2,1-5H3. The van der Waals surface area contributed by atoms with Crippen LogP contribution in [0.15, 0.2) is 12.4 Å². The summed E-state index contributed by atoms with van der Waals surface area (Å²) in [5.41, 5.74) is 4.22. The molecule has 2 aromatic heterocycles. The first-order valence-electron chi connectivity index (χ1n) is 7.01. The second-order valence-corrected chi connectivity index (χ2v) is 5.62. The molecule has 0 aliphatic carbocycles. The Bertz CT molecular complexity index is 563. The normalized spacial score (nSPS) is 11.3. The number of rotatable bonds is 5. The van der Waals surface area contributed by atoms with Crippen LogP contribution in [0.1, 0.15) is 30.8 Å². The fourth-order valence-corrected chi connectivity index (χ4v) is 2.15. The van der Waals surface area contributed by atoms with E-state index in [1.165, 1.54) is 5.56 Å². The lowest BCUT2D eigenvalue weighted by Crippen LogP contribution is -2.21. The van der Waals surface area contributed by atoms with Gasteiger partial charge in [0.2, 0.25) is 0 Å². The molecule has 2 aromatic rings. The van der Waals surface area contributed by atoms with Crippen molar-refractivity contribution in [2.24, 2.45) is 13.0 Å². The van der Waals surface area contributed by atoms with Gasteiger partial charge >= 0.3 is 0 Å². The molecule has 5 heteroatoms. The molecule has 0 atom stereocenters. The quantitative estimate of drug-likeness (QED) is 0.907. The Kier molecular flexibility index (Phi) is 4.49. The Morgan fingerprint density at radius 1 is 1.20 bits per heavy atom. The van der Waals surface area contributed by atoms with Crippen molar-refractivity contribution in [2.45, 2.75) is 34.2 Å². The van der Waals surface area contributed by atoms with Gasteiger partial charge in [-0.1, -0.05) is 13.8 Å². The summed E-state index contributed by atoms with van der Waals surface area (Å²) in [6.07, 6.45) is 3.73. The van der Waals surface area contributed by atoms with Gasteiger partial charge in [0.15, 0.2) is 5.82 Å². The van der Waals surface area contributed by atoms with E-state index in [2.05, 4.69) is 34.2 Å². The van der Waals surface area contributed by atoms with E-state index in [1.807, 2.05) is 27.1 Å². The molecule has 0 saturated carbocycles. The topological polar surface area (TPSA) is 55.6 Å². The molecule has 2 heterocycles. The van der Waals surface area contributed by atoms with Crippen molar-refractivity contribution in [3.63, 3.8) is 0 Å². The maximum absolute atomic E-state index is 4.61. The molecule has 0 fully saturated rings. The van der Waals surface area contributed by atoms with E-state index in [9.17, 15) is 0 Å². The zero-order chi connectivity index (χ0) is 14.7. The van der Waals surface area contributed by atoms with Crippen molar-refractivity contribution in [3.05, 3.63) is 29.3 Å². The van der Waals surface area contributed by atoms with Gasteiger partial charge in [0, 0.05) is 36.7 Å². The fourth-order valence-electron chi connectivity index (χ4n) is 2.15. The number of aryl methyl sites for hydroxylation is 3. The molecule has 0 bridgehead atoms. The molecular formula is C15H23N5. The molecule has 5 nitrogen and oxygen atoms in total. The van der Waals surface area contributed by atoms with Crippen LogP contribution in [0.25, 0.3) is 11.4 Å². The lowest BCUT2D eigenvalue weighted by Gasteiger charge is -2.12. The van der Waals surface area contributed by atoms with Crippen LogP contribution in [0.3, 0.4) is 0 Å². The minimum atomic E-state index is 0.645. The Hall–Kier alpha value is -1.75. The summed E-state index contributed by atoms with van der Waals surface area (Å²) < 4.78 is 1.77. The molecule has 0 amide bonds. The summed E-state index contributed by atoms with van der Waals surface area (Å²) in [5.74, 6) is 1.40. The summed E-state index contributed by atoms with van der Waals surface area (Å²) in [4.78, 5) is 9.22. The van der Waals surface area contributed by atoms with Crippen molar-refractivity contribution in [1.82, 2.24) is 25.1 Å². The van der Waals surface area contributed by atoms with E-state index in [0.717, 1.165) is 35.9 Å². The second-order valence-electron chi connectivity index (χ2n) is 5.62. The molecule has 0 aliphatic heterocycles. The number of aromatic nitrogens is 4. The highest BCUT2D eigenvalue weighted by molar-refractivity contribution is 5.53. The lowest BCUT2D eigenvalue weighted by molar-refractivity contribution is 0.549. The monoisotopic (exact) mass is 273 g/mol. The van der Waals surface area contributed by atoms with Crippen LogP contribution in [0.4, 0.5) is 0 Å². The van der Waals surface area contributed by atoms with Gasteiger partial charge in [0.1, 0.15) is 0 Å². The first-order valence-corrected chi connectivity index (χ1v) is 7.01. The highest BCUT2D eigenvalue weighted by Crippen LogP contribution is 2.18. The number of nitrogens with one attached hydrogen (secondary N) is 1. The van der Waals surface area contributed by atoms with Gasteiger partial charge in [0.05, 0.1) is 11.8 Å². The third-order valence-electron chi connectivity index (χ3n) is 3.24. The second kappa shape index (κ2) is 6.13. The molecule has 0 aromatic carbocycles. The zero-order valence-corrected chi connectivity index (χ0v) is 12.9. The van der Waals surface area contributed by atoms with Crippen LogP contribution >= 0.6 is 0 Å². The summed E-state index contributed by atoms with van der Waals surface area (Å²) in [6.45, 7) is 10.3. The van der Waals surface area contributed by atoms with Crippen LogP contribution in [0, 0.1) is 19.8 Å². The predicted molar refractivity (Wildman–Crippen MR) is 80.3 cm³/mol.